The molecule has 11 heteroatoms. The summed E-state index contributed by atoms with van der Waals surface area (Å²) >= 11 is 4.46. The molecule has 0 saturated carbocycles. The molecule has 0 spiro atoms. The molecule has 1 aromatic rings. The van der Waals surface area contributed by atoms with Gasteiger partial charge >= 0.3 is 0 Å². The molecule has 2 saturated heterocycles. The zero-order valence-corrected chi connectivity index (χ0v) is 18.0. The van der Waals surface area contributed by atoms with E-state index in [2.05, 4.69) is 15.9 Å². The largest absolute Gasteiger partial charge is 0.378 e. The van der Waals surface area contributed by atoms with Crippen molar-refractivity contribution < 1.29 is 22.7 Å². The summed E-state index contributed by atoms with van der Waals surface area (Å²) in [4.78, 5) is 27.9. The van der Waals surface area contributed by atoms with Crippen LogP contribution in [-0.2, 0) is 24.3 Å². The van der Waals surface area contributed by atoms with Gasteiger partial charge in [0.15, 0.2) is 0 Å². The van der Waals surface area contributed by atoms with E-state index in [0.717, 1.165) is 3.79 Å². The molecule has 0 atom stereocenters. The van der Waals surface area contributed by atoms with Crippen molar-refractivity contribution in [2.45, 2.75) is 17.1 Å². The van der Waals surface area contributed by atoms with E-state index in [0.29, 0.717) is 43.6 Å². The molecule has 2 fully saturated rings. The number of rotatable bonds is 5. The minimum atomic E-state index is -3.52. The lowest BCUT2D eigenvalue weighted by molar-refractivity contribution is -0.139. The van der Waals surface area contributed by atoms with Gasteiger partial charge in [-0.25, -0.2) is 8.42 Å². The average molecular weight is 480 g/mol. The van der Waals surface area contributed by atoms with Crippen LogP contribution in [0.4, 0.5) is 0 Å². The van der Waals surface area contributed by atoms with Gasteiger partial charge in [-0.15, -0.1) is 11.3 Å². The van der Waals surface area contributed by atoms with Crippen LogP contribution in [0.2, 0.25) is 0 Å². The second-order valence-corrected chi connectivity index (χ2v) is 11.0. The van der Waals surface area contributed by atoms with Gasteiger partial charge in [-0.05, 0) is 28.1 Å². The van der Waals surface area contributed by atoms with Crippen LogP contribution in [0.3, 0.4) is 0 Å². The molecule has 0 aromatic carbocycles. The second kappa shape index (κ2) is 8.99. The summed E-state index contributed by atoms with van der Waals surface area (Å²) in [6, 6.07) is 3.29. The molecule has 2 aliphatic rings. The number of halogens is 1. The minimum Gasteiger partial charge on any atom is -0.378 e. The number of carbonyl (C=O) groups is 2. The molecular weight excluding hydrogens is 458 g/mol. The predicted molar refractivity (Wildman–Crippen MR) is 104 cm³/mol. The number of thiophene rings is 1. The van der Waals surface area contributed by atoms with Gasteiger partial charge in [0.05, 0.1) is 17.0 Å². The van der Waals surface area contributed by atoms with Gasteiger partial charge in [-0.2, -0.15) is 4.31 Å². The Balaban J connectivity index is 1.47. The maximum absolute atomic E-state index is 12.6. The van der Waals surface area contributed by atoms with Crippen molar-refractivity contribution >= 4 is 49.1 Å². The quantitative estimate of drug-likeness (QED) is 0.627. The third kappa shape index (κ3) is 5.08. The van der Waals surface area contributed by atoms with Crippen molar-refractivity contribution in [3.8, 4) is 0 Å². The SMILES string of the molecule is O=C(CCC(=O)N1CCN(S(=O)(=O)c2ccc(Br)s2)CC1)N1CCOCC1. The van der Waals surface area contributed by atoms with Crippen molar-refractivity contribution in [1.82, 2.24) is 14.1 Å². The number of piperazine rings is 1. The Kier molecular flexibility index (Phi) is 6.90. The highest BCUT2D eigenvalue weighted by Gasteiger charge is 2.31. The molecule has 0 N–H and O–H groups in total. The van der Waals surface area contributed by atoms with Crippen LogP contribution in [0.15, 0.2) is 20.1 Å². The van der Waals surface area contributed by atoms with Gasteiger partial charge in [0.2, 0.25) is 11.8 Å². The van der Waals surface area contributed by atoms with E-state index < -0.39 is 10.0 Å². The second-order valence-electron chi connectivity index (χ2n) is 6.34. The summed E-state index contributed by atoms with van der Waals surface area (Å²) in [7, 11) is -3.52. The van der Waals surface area contributed by atoms with Crippen molar-refractivity contribution in [1.29, 1.82) is 0 Å². The van der Waals surface area contributed by atoms with Gasteiger partial charge in [-0.3, -0.25) is 9.59 Å². The van der Waals surface area contributed by atoms with E-state index in [4.69, 9.17) is 4.74 Å². The normalized spacial score (nSPS) is 19.3. The Morgan fingerprint density at radius 3 is 2.04 bits per heavy atom. The molecule has 0 unspecified atom stereocenters. The maximum atomic E-state index is 12.6. The standard InChI is InChI=1S/C16H22BrN3O5S2/c17-13-1-4-16(26-13)27(23,24)20-7-5-18(6-8-20)14(21)2-3-15(22)19-9-11-25-12-10-19/h1,4H,2-3,5-12H2. The molecule has 2 amide bonds. The summed E-state index contributed by atoms with van der Waals surface area (Å²) in [6.45, 7) is 3.44. The Morgan fingerprint density at radius 1 is 0.963 bits per heavy atom. The number of hydrogen-bond donors (Lipinski definition) is 0. The highest BCUT2D eigenvalue weighted by atomic mass is 79.9. The molecule has 0 aliphatic carbocycles. The lowest BCUT2D eigenvalue weighted by atomic mass is 10.2. The van der Waals surface area contributed by atoms with Crippen molar-refractivity contribution in [3.63, 3.8) is 0 Å². The van der Waals surface area contributed by atoms with Gasteiger partial charge < -0.3 is 14.5 Å². The highest BCUT2D eigenvalue weighted by molar-refractivity contribution is 9.11. The Bertz CT molecular complexity index is 784. The number of amides is 2. The van der Waals surface area contributed by atoms with Crippen LogP contribution in [0, 0.1) is 0 Å². The Morgan fingerprint density at radius 2 is 1.52 bits per heavy atom. The molecule has 150 valence electrons. The average Bonchev–Trinajstić information content (AvgIpc) is 3.14. The summed E-state index contributed by atoms with van der Waals surface area (Å²) < 4.78 is 32.9. The van der Waals surface area contributed by atoms with Gasteiger partial charge in [0, 0.05) is 52.1 Å². The smallest absolute Gasteiger partial charge is 0.252 e. The van der Waals surface area contributed by atoms with E-state index in [1.807, 2.05) is 0 Å². The first kappa shape index (κ1) is 20.7. The molecule has 27 heavy (non-hydrogen) atoms. The van der Waals surface area contributed by atoms with E-state index in [1.54, 1.807) is 21.9 Å². The summed E-state index contributed by atoms with van der Waals surface area (Å²) in [5.41, 5.74) is 0. The van der Waals surface area contributed by atoms with Crippen LogP contribution < -0.4 is 0 Å². The molecule has 2 aliphatic heterocycles. The Labute approximate surface area is 171 Å². The van der Waals surface area contributed by atoms with Crippen molar-refractivity contribution in [3.05, 3.63) is 15.9 Å². The van der Waals surface area contributed by atoms with E-state index in [1.165, 1.54) is 15.6 Å². The number of morpholine rings is 1. The molecule has 0 bridgehead atoms. The number of sulfonamides is 1. The molecule has 8 nitrogen and oxygen atoms in total. The third-order valence-electron chi connectivity index (χ3n) is 4.65. The van der Waals surface area contributed by atoms with Crippen LogP contribution >= 0.6 is 27.3 Å². The van der Waals surface area contributed by atoms with E-state index in [9.17, 15) is 18.0 Å². The zero-order chi connectivity index (χ0) is 19.4. The van der Waals surface area contributed by atoms with Gasteiger partial charge in [0.1, 0.15) is 4.21 Å². The fourth-order valence-electron chi connectivity index (χ4n) is 3.08. The highest BCUT2D eigenvalue weighted by Crippen LogP contribution is 2.29. The van der Waals surface area contributed by atoms with E-state index in [-0.39, 0.29) is 37.7 Å². The van der Waals surface area contributed by atoms with Crippen molar-refractivity contribution in [2.75, 3.05) is 52.5 Å². The third-order valence-corrected chi connectivity index (χ3v) is 8.64. The Hall–Kier alpha value is -1.01. The van der Waals surface area contributed by atoms with Gasteiger partial charge in [-0.1, -0.05) is 0 Å². The first-order chi connectivity index (χ1) is 12.9. The number of ether oxygens (including phenoxy) is 1. The fourth-order valence-corrected chi connectivity index (χ4v) is 6.67. The minimum absolute atomic E-state index is 0.0314. The topological polar surface area (TPSA) is 87.2 Å². The lowest BCUT2D eigenvalue weighted by Gasteiger charge is -2.34. The van der Waals surface area contributed by atoms with E-state index >= 15 is 0 Å². The fraction of sp³-hybridized carbons (Fsp3) is 0.625. The van der Waals surface area contributed by atoms with Crippen LogP contribution in [0.5, 0.6) is 0 Å². The monoisotopic (exact) mass is 479 g/mol. The number of nitrogens with zero attached hydrogens (tertiary/aromatic N) is 3. The lowest BCUT2D eigenvalue weighted by Crippen LogP contribution is -2.50. The van der Waals surface area contributed by atoms with Crippen molar-refractivity contribution in [2.24, 2.45) is 0 Å². The summed E-state index contributed by atoms with van der Waals surface area (Å²) in [5, 5.41) is 0. The number of hydrogen-bond acceptors (Lipinski definition) is 6. The van der Waals surface area contributed by atoms with Gasteiger partial charge in [0.25, 0.3) is 10.0 Å². The molecule has 0 radical (unpaired) electrons. The molecule has 3 heterocycles. The van der Waals surface area contributed by atoms with Crippen LogP contribution in [0.1, 0.15) is 12.8 Å². The summed E-state index contributed by atoms with van der Waals surface area (Å²) in [5.74, 6) is -0.135. The molecule has 3 rings (SSSR count). The maximum Gasteiger partial charge on any atom is 0.252 e. The zero-order valence-electron chi connectivity index (χ0n) is 14.8. The summed E-state index contributed by atoms with van der Waals surface area (Å²) in [6.07, 6.45) is 0.335. The first-order valence-corrected chi connectivity index (χ1v) is 11.8. The predicted octanol–water partition coefficient (Wildman–Crippen LogP) is 0.982. The molecule has 1 aromatic heterocycles. The van der Waals surface area contributed by atoms with Crippen LogP contribution in [0.25, 0.3) is 0 Å². The first-order valence-electron chi connectivity index (χ1n) is 8.77. The number of carbonyl (C=O) groups excluding carboxylic acids is 2. The van der Waals surface area contributed by atoms with Crippen LogP contribution in [-0.4, -0.2) is 86.8 Å². The molecular formula is C16H22BrN3O5S2.